The molecule has 1 fully saturated rings. The van der Waals surface area contributed by atoms with E-state index in [1.165, 1.54) is 0 Å². The van der Waals surface area contributed by atoms with E-state index in [4.69, 9.17) is 4.74 Å². The molecule has 3 N–H and O–H groups in total. The van der Waals surface area contributed by atoms with Crippen LogP contribution >= 0.6 is 0 Å². The summed E-state index contributed by atoms with van der Waals surface area (Å²) in [5, 5.41) is 15.4. The number of nitrogens with one attached hydrogen (secondary N) is 2. The highest BCUT2D eigenvalue weighted by Gasteiger charge is 2.23. The first-order valence-corrected chi connectivity index (χ1v) is 7.06. The molecular weight excluding hydrogens is 256 g/mol. The molecule has 1 aromatic rings. The van der Waals surface area contributed by atoms with Gasteiger partial charge in [0, 0.05) is 24.2 Å². The van der Waals surface area contributed by atoms with Crippen LogP contribution in [0.2, 0.25) is 0 Å². The van der Waals surface area contributed by atoms with E-state index in [0.717, 1.165) is 25.7 Å². The van der Waals surface area contributed by atoms with Crippen molar-refractivity contribution in [3.63, 3.8) is 0 Å². The summed E-state index contributed by atoms with van der Waals surface area (Å²) in [6, 6.07) is 6.95. The van der Waals surface area contributed by atoms with Gasteiger partial charge in [0.1, 0.15) is 5.75 Å². The standard InChI is InChI=1S/C15H22N2O3/c1-20-13-7-4-6-12(9-13)17-15(19)16-10-11-5-2-3-8-14(11)18/h4,6-7,9,11,14,18H,2-3,5,8,10H2,1H3,(H2,16,17,19). The second-order valence-corrected chi connectivity index (χ2v) is 5.18. The molecule has 0 spiro atoms. The molecule has 1 aliphatic carbocycles. The first-order valence-electron chi connectivity index (χ1n) is 7.06. The summed E-state index contributed by atoms with van der Waals surface area (Å²) in [6.45, 7) is 0.511. The lowest BCUT2D eigenvalue weighted by Crippen LogP contribution is -2.38. The molecule has 1 saturated carbocycles. The number of hydrogen-bond acceptors (Lipinski definition) is 3. The van der Waals surface area contributed by atoms with Crippen molar-refractivity contribution in [1.82, 2.24) is 5.32 Å². The molecule has 0 heterocycles. The van der Waals surface area contributed by atoms with Crippen molar-refractivity contribution in [3.05, 3.63) is 24.3 Å². The molecule has 1 aromatic carbocycles. The number of carbonyl (C=O) groups is 1. The van der Waals surface area contributed by atoms with Crippen molar-refractivity contribution >= 4 is 11.7 Å². The molecule has 2 amide bonds. The van der Waals surface area contributed by atoms with E-state index in [9.17, 15) is 9.90 Å². The van der Waals surface area contributed by atoms with Gasteiger partial charge < -0.3 is 20.5 Å². The molecule has 0 aliphatic heterocycles. The number of aliphatic hydroxyl groups excluding tert-OH is 1. The highest BCUT2D eigenvalue weighted by atomic mass is 16.5. The highest BCUT2D eigenvalue weighted by Crippen LogP contribution is 2.23. The van der Waals surface area contributed by atoms with Gasteiger partial charge in [-0.3, -0.25) is 0 Å². The highest BCUT2D eigenvalue weighted by molar-refractivity contribution is 5.89. The smallest absolute Gasteiger partial charge is 0.319 e. The Hall–Kier alpha value is -1.75. The van der Waals surface area contributed by atoms with Crippen LogP contribution < -0.4 is 15.4 Å². The molecule has 0 radical (unpaired) electrons. The van der Waals surface area contributed by atoms with Crippen LogP contribution in [0.15, 0.2) is 24.3 Å². The fraction of sp³-hybridized carbons (Fsp3) is 0.533. The van der Waals surface area contributed by atoms with Crippen LogP contribution in [-0.2, 0) is 0 Å². The second kappa shape index (κ2) is 7.14. The maximum atomic E-state index is 11.8. The zero-order valence-electron chi connectivity index (χ0n) is 11.8. The summed E-state index contributed by atoms with van der Waals surface area (Å²) in [5.41, 5.74) is 0.686. The lowest BCUT2D eigenvalue weighted by atomic mass is 9.86. The van der Waals surface area contributed by atoms with E-state index in [0.29, 0.717) is 18.0 Å². The Morgan fingerprint density at radius 2 is 2.20 bits per heavy atom. The van der Waals surface area contributed by atoms with Crippen molar-refractivity contribution in [2.75, 3.05) is 19.0 Å². The number of ether oxygens (including phenoxy) is 1. The second-order valence-electron chi connectivity index (χ2n) is 5.18. The molecule has 0 bridgehead atoms. The molecule has 0 aromatic heterocycles. The molecule has 110 valence electrons. The normalized spacial score (nSPS) is 22.1. The third kappa shape index (κ3) is 4.13. The number of aliphatic hydroxyl groups is 1. The van der Waals surface area contributed by atoms with Crippen LogP contribution in [0.1, 0.15) is 25.7 Å². The molecule has 2 atom stereocenters. The van der Waals surface area contributed by atoms with E-state index in [1.54, 1.807) is 19.2 Å². The summed E-state index contributed by atoms with van der Waals surface area (Å²) in [5.74, 6) is 0.866. The average molecular weight is 278 g/mol. The summed E-state index contributed by atoms with van der Waals surface area (Å²) < 4.78 is 5.10. The van der Waals surface area contributed by atoms with Crippen molar-refractivity contribution < 1.29 is 14.6 Å². The van der Waals surface area contributed by atoms with Gasteiger partial charge in [0.15, 0.2) is 0 Å². The molecule has 2 unspecified atom stereocenters. The van der Waals surface area contributed by atoms with Crippen LogP contribution in [0.4, 0.5) is 10.5 Å². The van der Waals surface area contributed by atoms with Crippen molar-refractivity contribution in [1.29, 1.82) is 0 Å². The largest absolute Gasteiger partial charge is 0.497 e. The topological polar surface area (TPSA) is 70.6 Å². The number of methoxy groups -OCH3 is 1. The lowest BCUT2D eigenvalue weighted by Gasteiger charge is -2.27. The third-order valence-corrected chi connectivity index (χ3v) is 3.72. The van der Waals surface area contributed by atoms with Gasteiger partial charge >= 0.3 is 6.03 Å². The van der Waals surface area contributed by atoms with Gasteiger partial charge in [-0.15, -0.1) is 0 Å². The molecule has 5 nitrogen and oxygen atoms in total. The molecule has 20 heavy (non-hydrogen) atoms. The Kier molecular flexibility index (Phi) is 5.24. The molecular formula is C15H22N2O3. The quantitative estimate of drug-likeness (QED) is 0.792. The van der Waals surface area contributed by atoms with Crippen LogP contribution in [0.3, 0.4) is 0 Å². The van der Waals surface area contributed by atoms with E-state index >= 15 is 0 Å². The van der Waals surface area contributed by atoms with Crippen LogP contribution in [-0.4, -0.2) is 30.9 Å². The maximum absolute atomic E-state index is 11.8. The minimum atomic E-state index is -0.291. The monoisotopic (exact) mass is 278 g/mol. The van der Waals surface area contributed by atoms with Crippen LogP contribution in [0.25, 0.3) is 0 Å². The lowest BCUT2D eigenvalue weighted by molar-refractivity contribution is 0.0712. The average Bonchev–Trinajstić information content (AvgIpc) is 2.46. The minimum absolute atomic E-state index is 0.166. The van der Waals surface area contributed by atoms with Crippen molar-refractivity contribution in [2.45, 2.75) is 31.8 Å². The zero-order chi connectivity index (χ0) is 14.4. The van der Waals surface area contributed by atoms with Crippen LogP contribution in [0, 0.1) is 5.92 Å². The number of hydrogen-bond donors (Lipinski definition) is 3. The van der Waals surface area contributed by atoms with Gasteiger partial charge in [-0.2, -0.15) is 0 Å². The number of carbonyl (C=O) groups excluding carboxylic acids is 1. The van der Waals surface area contributed by atoms with E-state index in [2.05, 4.69) is 10.6 Å². The van der Waals surface area contributed by atoms with Gasteiger partial charge in [0.2, 0.25) is 0 Å². The molecule has 2 rings (SSSR count). The Labute approximate surface area is 119 Å². The van der Waals surface area contributed by atoms with E-state index in [1.807, 2.05) is 12.1 Å². The molecule has 5 heteroatoms. The minimum Gasteiger partial charge on any atom is -0.497 e. The van der Waals surface area contributed by atoms with Gasteiger partial charge in [-0.25, -0.2) is 4.79 Å². The summed E-state index contributed by atoms with van der Waals surface area (Å²) in [7, 11) is 1.59. The van der Waals surface area contributed by atoms with E-state index in [-0.39, 0.29) is 18.1 Å². The number of urea groups is 1. The fourth-order valence-corrected chi connectivity index (χ4v) is 2.53. The molecule has 1 aliphatic rings. The number of anilines is 1. The third-order valence-electron chi connectivity index (χ3n) is 3.72. The predicted octanol–water partition coefficient (Wildman–Crippen LogP) is 2.37. The first kappa shape index (κ1) is 14.7. The first-order chi connectivity index (χ1) is 9.69. The summed E-state index contributed by atoms with van der Waals surface area (Å²) >= 11 is 0. The predicted molar refractivity (Wildman–Crippen MR) is 78.0 cm³/mol. The Morgan fingerprint density at radius 3 is 2.95 bits per heavy atom. The van der Waals surface area contributed by atoms with Gasteiger partial charge in [-0.1, -0.05) is 18.9 Å². The Morgan fingerprint density at radius 1 is 1.40 bits per heavy atom. The summed E-state index contributed by atoms with van der Waals surface area (Å²) in [6.07, 6.45) is 3.72. The zero-order valence-corrected chi connectivity index (χ0v) is 11.8. The Balaban J connectivity index is 1.79. The maximum Gasteiger partial charge on any atom is 0.319 e. The molecule has 0 saturated heterocycles. The van der Waals surface area contributed by atoms with Gasteiger partial charge in [0.25, 0.3) is 0 Å². The number of amides is 2. The van der Waals surface area contributed by atoms with Crippen molar-refractivity contribution in [2.24, 2.45) is 5.92 Å². The van der Waals surface area contributed by atoms with Crippen LogP contribution in [0.5, 0.6) is 5.75 Å². The number of rotatable bonds is 4. The van der Waals surface area contributed by atoms with Gasteiger partial charge in [-0.05, 0) is 25.0 Å². The Bertz CT molecular complexity index is 450. The fourth-order valence-electron chi connectivity index (χ4n) is 2.53. The van der Waals surface area contributed by atoms with Gasteiger partial charge in [0.05, 0.1) is 13.2 Å². The van der Waals surface area contributed by atoms with E-state index < -0.39 is 0 Å². The SMILES string of the molecule is COc1cccc(NC(=O)NCC2CCCCC2O)c1. The number of benzene rings is 1. The van der Waals surface area contributed by atoms with Crippen molar-refractivity contribution in [3.8, 4) is 5.75 Å². The summed E-state index contributed by atoms with van der Waals surface area (Å²) in [4.78, 5) is 11.8.